The fraction of sp³-hybridized carbons (Fsp3) is 0.176. The Hall–Kier alpha value is -5.22. The molecule has 0 aliphatic carbocycles. The van der Waals surface area contributed by atoms with E-state index in [1.807, 2.05) is 43.3 Å². The van der Waals surface area contributed by atoms with Gasteiger partial charge < -0.3 is 19.0 Å². The van der Waals surface area contributed by atoms with Crippen LogP contribution in [0.1, 0.15) is 47.1 Å². The van der Waals surface area contributed by atoms with Gasteiger partial charge in [0.2, 0.25) is 0 Å². The molecule has 6 rings (SSSR count). The number of nitrogens with zero attached hydrogens (tertiary/aromatic N) is 2. The van der Waals surface area contributed by atoms with E-state index in [2.05, 4.69) is 4.99 Å². The number of carbonyl (C=O) groups is 2. The van der Waals surface area contributed by atoms with Gasteiger partial charge in [0.1, 0.15) is 23.3 Å². The number of benzene rings is 3. The molecule has 10 heteroatoms. The lowest BCUT2D eigenvalue weighted by Gasteiger charge is -2.27. The number of fused-ring (bicyclic) bond motifs is 2. The predicted molar refractivity (Wildman–Crippen MR) is 167 cm³/mol. The van der Waals surface area contributed by atoms with Gasteiger partial charge in [-0.2, -0.15) is 0 Å². The Morgan fingerprint density at radius 1 is 1.09 bits per heavy atom. The van der Waals surface area contributed by atoms with Gasteiger partial charge in [0, 0.05) is 17.2 Å². The summed E-state index contributed by atoms with van der Waals surface area (Å²) in [5.74, 6) is -0.185. The van der Waals surface area contributed by atoms with Gasteiger partial charge in [0.25, 0.3) is 5.56 Å². The second-order valence-corrected chi connectivity index (χ2v) is 11.3. The Kier molecular flexibility index (Phi) is 7.52. The van der Waals surface area contributed by atoms with E-state index in [0.717, 1.165) is 16.3 Å². The summed E-state index contributed by atoms with van der Waals surface area (Å²) in [7, 11) is 1.56. The van der Waals surface area contributed by atoms with Gasteiger partial charge in [-0.25, -0.2) is 14.6 Å². The molecule has 222 valence electrons. The number of hydrogen-bond donors (Lipinski definition) is 1. The Morgan fingerprint density at radius 2 is 1.89 bits per heavy atom. The fourth-order valence-corrected chi connectivity index (χ4v) is 6.55. The lowest BCUT2D eigenvalue weighted by atomic mass is 9.90. The predicted octanol–water partition coefficient (Wildman–Crippen LogP) is 5.23. The summed E-state index contributed by atoms with van der Waals surface area (Å²) in [4.78, 5) is 44.2. The number of aromatic carboxylic acids is 1. The summed E-state index contributed by atoms with van der Waals surface area (Å²) in [6.45, 7) is 5.50. The number of aryl methyl sites for hydroxylation is 1. The third-order valence-electron chi connectivity index (χ3n) is 7.59. The molecule has 0 spiro atoms. The quantitative estimate of drug-likeness (QED) is 0.251. The van der Waals surface area contributed by atoms with Crippen molar-refractivity contribution in [2.75, 3.05) is 13.7 Å². The van der Waals surface area contributed by atoms with Gasteiger partial charge >= 0.3 is 11.9 Å². The first-order valence-corrected chi connectivity index (χ1v) is 14.7. The van der Waals surface area contributed by atoms with Crippen molar-refractivity contribution in [3.8, 4) is 17.1 Å². The highest BCUT2D eigenvalue weighted by Gasteiger charge is 2.36. The summed E-state index contributed by atoms with van der Waals surface area (Å²) in [5.41, 5.74) is 2.65. The minimum Gasteiger partial charge on any atom is -0.496 e. The number of methoxy groups -OCH3 is 1. The van der Waals surface area contributed by atoms with Crippen LogP contribution in [-0.2, 0) is 9.53 Å². The van der Waals surface area contributed by atoms with Crippen LogP contribution in [0.5, 0.6) is 5.75 Å². The summed E-state index contributed by atoms with van der Waals surface area (Å²) in [6.07, 6.45) is 1.63. The Morgan fingerprint density at radius 3 is 2.64 bits per heavy atom. The van der Waals surface area contributed by atoms with Crippen molar-refractivity contribution in [3.63, 3.8) is 0 Å². The molecule has 1 aliphatic heterocycles. The molecule has 0 amide bonds. The van der Waals surface area contributed by atoms with E-state index < -0.39 is 18.0 Å². The Balaban J connectivity index is 1.55. The molecule has 44 heavy (non-hydrogen) atoms. The molecule has 3 heterocycles. The van der Waals surface area contributed by atoms with E-state index in [1.165, 1.54) is 15.9 Å². The number of furan rings is 1. The molecule has 0 unspecified atom stereocenters. The molecule has 0 fully saturated rings. The molecular formula is C34H28N2O7S. The number of aromatic nitrogens is 1. The molecule has 0 saturated heterocycles. The van der Waals surface area contributed by atoms with Crippen molar-refractivity contribution in [1.29, 1.82) is 0 Å². The number of carboxylic acids is 1. The molecule has 1 atom stereocenters. The molecular weight excluding hydrogens is 580 g/mol. The first-order valence-electron chi connectivity index (χ1n) is 13.9. The van der Waals surface area contributed by atoms with Crippen LogP contribution < -0.4 is 19.6 Å². The number of ether oxygens (including phenoxy) is 2. The van der Waals surface area contributed by atoms with Gasteiger partial charge in [-0.1, -0.05) is 47.7 Å². The van der Waals surface area contributed by atoms with E-state index in [-0.39, 0.29) is 23.3 Å². The van der Waals surface area contributed by atoms with Crippen LogP contribution in [0.2, 0.25) is 0 Å². The van der Waals surface area contributed by atoms with Crippen molar-refractivity contribution < 1.29 is 28.6 Å². The van der Waals surface area contributed by atoms with Crippen LogP contribution in [-0.4, -0.2) is 35.3 Å². The highest BCUT2D eigenvalue weighted by molar-refractivity contribution is 7.07. The molecule has 9 nitrogen and oxygen atoms in total. The van der Waals surface area contributed by atoms with Crippen molar-refractivity contribution in [1.82, 2.24) is 4.57 Å². The summed E-state index contributed by atoms with van der Waals surface area (Å²) >= 11 is 1.18. The third kappa shape index (κ3) is 4.92. The van der Waals surface area contributed by atoms with Crippen LogP contribution in [0.3, 0.4) is 0 Å². The molecule has 0 bridgehead atoms. The van der Waals surface area contributed by atoms with Gasteiger partial charge in [-0.05, 0) is 67.4 Å². The molecule has 2 aromatic heterocycles. The van der Waals surface area contributed by atoms with E-state index in [9.17, 15) is 19.5 Å². The standard InChI is InChI=1S/C34H28N2O7S/c1-5-42-33(40)28-19(3)35-34-36(30(28)29-23-9-7-6-8-20(23)12-14-26(29)41-4)31(37)27(44-34)17-22-13-15-25(43-22)24-16-21(32(38)39)11-10-18(24)2/h6-17,30H,5H2,1-4H3,(H,38,39)/b27-17-/t30-/m0/s1. The van der Waals surface area contributed by atoms with Gasteiger partial charge in [-0.15, -0.1) is 0 Å². The maximum atomic E-state index is 14.2. The zero-order chi connectivity index (χ0) is 31.1. The summed E-state index contributed by atoms with van der Waals surface area (Å²) in [6, 6.07) is 18.9. The SMILES string of the molecule is CCOC(=O)C1=C(C)N=c2s/c(=C\c3ccc(-c4cc(C(=O)O)ccc4C)o3)c(=O)n2[C@@H]1c1c(OC)ccc2ccccc12. The highest BCUT2D eigenvalue weighted by Crippen LogP contribution is 2.40. The third-order valence-corrected chi connectivity index (χ3v) is 8.57. The zero-order valence-corrected chi connectivity index (χ0v) is 25.2. The van der Waals surface area contributed by atoms with Crippen LogP contribution in [0, 0.1) is 6.92 Å². The topological polar surface area (TPSA) is 120 Å². The second-order valence-electron chi connectivity index (χ2n) is 10.2. The molecule has 1 aliphatic rings. The number of rotatable bonds is 7. The molecule has 0 saturated carbocycles. The van der Waals surface area contributed by atoms with Crippen molar-refractivity contribution >= 4 is 40.1 Å². The van der Waals surface area contributed by atoms with E-state index in [4.69, 9.17) is 13.9 Å². The molecule has 0 radical (unpaired) electrons. The minimum atomic E-state index is -1.03. The van der Waals surface area contributed by atoms with E-state index in [1.54, 1.807) is 57.4 Å². The van der Waals surface area contributed by atoms with Crippen molar-refractivity contribution in [3.05, 3.63) is 120 Å². The number of carboxylic acid groups (broad SMARTS) is 1. The number of thiazole rings is 1. The normalized spacial score (nSPS) is 14.8. The minimum absolute atomic E-state index is 0.147. The number of allylic oxidation sites excluding steroid dienone is 1. The first kappa shape index (κ1) is 28.9. The van der Waals surface area contributed by atoms with Crippen LogP contribution in [0.15, 0.2) is 92.2 Å². The maximum absolute atomic E-state index is 14.2. The summed E-state index contributed by atoms with van der Waals surface area (Å²) in [5, 5.41) is 11.2. The van der Waals surface area contributed by atoms with Crippen LogP contribution >= 0.6 is 11.3 Å². The van der Waals surface area contributed by atoms with E-state index >= 15 is 0 Å². The van der Waals surface area contributed by atoms with Crippen molar-refractivity contribution in [2.24, 2.45) is 4.99 Å². The lowest BCUT2D eigenvalue weighted by Crippen LogP contribution is -2.40. The number of hydrogen-bond acceptors (Lipinski definition) is 8. The Labute approximate surface area is 255 Å². The first-order chi connectivity index (χ1) is 21.2. The van der Waals surface area contributed by atoms with Gasteiger partial charge in [-0.3, -0.25) is 9.36 Å². The smallest absolute Gasteiger partial charge is 0.338 e. The van der Waals surface area contributed by atoms with Crippen LogP contribution in [0.25, 0.3) is 28.2 Å². The molecule has 3 aromatic carbocycles. The molecule has 5 aromatic rings. The van der Waals surface area contributed by atoms with Crippen LogP contribution in [0.4, 0.5) is 0 Å². The highest BCUT2D eigenvalue weighted by atomic mass is 32.1. The summed E-state index contributed by atoms with van der Waals surface area (Å²) < 4.78 is 19.2. The van der Waals surface area contributed by atoms with Crippen molar-refractivity contribution in [2.45, 2.75) is 26.8 Å². The number of esters is 1. The average molecular weight is 609 g/mol. The Bertz CT molecular complexity index is 2180. The van der Waals surface area contributed by atoms with Gasteiger partial charge in [0.15, 0.2) is 4.80 Å². The van der Waals surface area contributed by atoms with E-state index in [0.29, 0.717) is 43.4 Å². The van der Waals surface area contributed by atoms with Gasteiger partial charge in [0.05, 0.1) is 35.1 Å². The lowest BCUT2D eigenvalue weighted by molar-refractivity contribution is -0.139. The fourth-order valence-electron chi connectivity index (χ4n) is 5.53. The monoisotopic (exact) mass is 608 g/mol. The molecule has 1 N–H and O–H groups in total. The zero-order valence-electron chi connectivity index (χ0n) is 24.4. The maximum Gasteiger partial charge on any atom is 0.338 e. The average Bonchev–Trinajstić information content (AvgIpc) is 3.59. The second kappa shape index (κ2) is 11.5. The largest absolute Gasteiger partial charge is 0.496 e. The number of carbonyl (C=O) groups excluding carboxylic acids is 1.